The van der Waals surface area contributed by atoms with E-state index in [1.54, 1.807) is 0 Å². The highest BCUT2D eigenvalue weighted by molar-refractivity contribution is 5.92. The normalized spacial score (nSPS) is 22.7. The third-order valence-electron chi connectivity index (χ3n) is 6.76. The van der Waals surface area contributed by atoms with Gasteiger partial charge in [-0.25, -0.2) is 0 Å². The first-order valence-corrected chi connectivity index (χ1v) is 11.7. The first-order chi connectivity index (χ1) is 15.1. The highest BCUT2D eigenvalue weighted by Crippen LogP contribution is 2.28. The van der Waals surface area contributed by atoms with Crippen LogP contribution >= 0.6 is 0 Å². The standard InChI is InChI=1S/C24H34N4O3/c29-22(17-27-12-4-5-20(16-27)23(30)25-15-18-8-9-18)28-13-10-19(11-14-28)24(31)26-21-6-2-1-3-7-21/h1-3,6-7,18-20H,4-5,8-17H2,(H,25,30)(H,26,31). The number of carbonyl (C=O) groups is 3. The molecule has 7 nitrogen and oxygen atoms in total. The van der Waals surface area contributed by atoms with Crippen LogP contribution < -0.4 is 10.6 Å². The Labute approximate surface area is 184 Å². The summed E-state index contributed by atoms with van der Waals surface area (Å²) in [5.41, 5.74) is 0.812. The second-order valence-electron chi connectivity index (χ2n) is 9.27. The number of para-hydroxylation sites is 1. The van der Waals surface area contributed by atoms with Crippen molar-refractivity contribution in [1.82, 2.24) is 15.1 Å². The van der Waals surface area contributed by atoms with Crippen molar-refractivity contribution in [3.05, 3.63) is 30.3 Å². The Kier molecular flexibility index (Phi) is 7.22. The molecule has 2 aliphatic heterocycles. The van der Waals surface area contributed by atoms with Gasteiger partial charge in [0.25, 0.3) is 0 Å². The van der Waals surface area contributed by atoms with E-state index in [9.17, 15) is 14.4 Å². The molecule has 1 aromatic rings. The molecule has 2 N–H and O–H groups in total. The van der Waals surface area contributed by atoms with Gasteiger partial charge in [-0.05, 0) is 63.1 Å². The smallest absolute Gasteiger partial charge is 0.236 e. The lowest BCUT2D eigenvalue weighted by Gasteiger charge is -2.35. The summed E-state index contributed by atoms with van der Waals surface area (Å²) in [5, 5.41) is 6.05. The zero-order valence-electron chi connectivity index (χ0n) is 18.2. The van der Waals surface area contributed by atoms with Crippen molar-refractivity contribution in [2.24, 2.45) is 17.8 Å². The van der Waals surface area contributed by atoms with Crippen LogP contribution in [0.4, 0.5) is 5.69 Å². The first kappa shape index (κ1) is 21.8. The van der Waals surface area contributed by atoms with Gasteiger partial charge in [-0.3, -0.25) is 19.3 Å². The maximum absolute atomic E-state index is 12.8. The van der Waals surface area contributed by atoms with E-state index >= 15 is 0 Å². The van der Waals surface area contributed by atoms with E-state index in [-0.39, 0.29) is 29.6 Å². The molecule has 3 fully saturated rings. The quantitative estimate of drug-likeness (QED) is 0.700. The van der Waals surface area contributed by atoms with Crippen molar-refractivity contribution >= 4 is 23.4 Å². The Balaban J connectivity index is 1.18. The molecule has 3 aliphatic rings. The van der Waals surface area contributed by atoms with E-state index < -0.39 is 0 Å². The van der Waals surface area contributed by atoms with Crippen molar-refractivity contribution < 1.29 is 14.4 Å². The number of nitrogens with zero attached hydrogens (tertiary/aromatic N) is 2. The van der Waals surface area contributed by atoms with Crippen LogP contribution in [0, 0.1) is 17.8 Å². The molecule has 3 amide bonds. The predicted molar refractivity (Wildman–Crippen MR) is 119 cm³/mol. The van der Waals surface area contributed by atoms with E-state index in [1.165, 1.54) is 12.8 Å². The SMILES string of the molecule is O=C(NCC1CC1)C1CCCN(CC(=O)N2CCC(C(=O)Nc3ccccc3)CC2)C1. The molecule has 1 aliphatic carbocycles. The lowest BCUT2D eigenvalue weighted by molar-refractivity contribution is -0.137. The Morgan fingerprint density at radius 3 is 2.32 bits per heavy atom. The zero-order valence-corrected chi connectivity index (χ0v) is 18.2. The maximum Gasteiger partial charge on any atom is 0.236 e. The van der Waals surface area contributed by atoms with E-state index in [0.29, 0.717) is 44.9 Å². The molecular weight excluding hydrogens is 392 g/mol. The minimum atomic E-state index is -0.0567. The van der Waals surface area contributed by atoms with Crippen LogP contribution in [0.15, 0.2) is 30.3 Å². The number of likely N-dealkylation sites (tertiary alicyclic amines) is 2. The minimum Gasteiger partial charge on any atom is -0.356 e. The molecule has 1 atom stereocenters. The summed E-state index contributed by atoms with van der Waals surface area (Å²) in [7, 11) is 0. The highest BCUT2D eigenvalue weighted by Gasteiger charge is 2.31. The summed E-state index contributed by atoms with van der Waals surface area (Å²) >= 11 is 0. The Morgan fingerprint density at radius 1 is 0.871 bits per heavy atom. The van der Waals surface area contributed by atoms with Crippen molar-refractivity contribution in [3.8, 4) is 0 Å². The predicted octanol–water partition coefficient (Wildman–Crippen LogP) is 2.10. The molecular formula is C24H34N4O3. The van der Waals surface area contributed by atoms with Crippen LogP contribution in [-0.2, 0) is 14.4 Å². The van der Waals surface area contributed by atoms with Gasteiger partial charge in [0.1, 0.15) is 0 Å². The number of hydrogen-bond acceptors (Lipinski definition) is 4. The molecule has 4 rings (SSSR count). The molecule has 7 heteroatoms. The summed E-state index contributed by atoms with van der Waals surface area (Å²) in [5.74, 6) is 0.916. The van der Waals surface area contributed by atoms with Gasteiger partial charge in [-0.15, -0.1) is 0 Å². The van der Waals surface area contributed by atoms with Crippen LogP contribution in [0.5, 0.6) is 0 Å². The lowest BCUT2D eigenvalue weighted by atomic mass is 9.95. The summed E-state index contributed by atoms with van der Waals surface area (Å²) in [6.45, 7) is 3.94. The van der Waals surface area contributed by atoms with Gasteiger partial charge in [-0.1, -0.05) is 18.2 Å². The average molecular weight is 427 g/mol. The van der Waals surface area contributed by atoms with Gasteiger partial charge in [0.15, 0.2) is 0 Å². The number of rotatable bonds is 7. The van der Waals surface area contributed by atoms with Crippen molar-refractivity contribution in [3.63, 3.8) is 0 Å². The summed E-state index contributed by atoms with van der Waals surface area (Å²) in [6, 6.07) is 9.49. The van der Waals surface area contributed by atoms with Crippen molar-refractivity contribution in [2.75, 3.05) is 44.6 Å². The topological polar surface area (TPSA) is 81.8 Å². The van der Waals surface area contributed by atoms with E-state index in [4.69, 9.17) is 0 Å². The van der Waals surface area contributed by atoms with E-state index in [2.05, 4.69) is 15.5 Å². The molecule has 0 spiro atoms. The number of piperidine rings is 2. The van der Waals surface area contributed by atoms with Gasteiger partial charge in [0, 0.05) is 37.8 Å². The van der Waals surface area contributed by atoms with Gasteiger partial charge in [-0.2, -0.15) is 0 Å². The largest absolute Gasteiger partial charge is 0.356 e. The minimum absolute atomic E-state index is 0.00674. The molecule has 2 heterocycles. The average Bonchev–Trinajstić information content (AvgIpc) is 3.63. The summed E-state index contributed by atoms with van der Waals surface area (Å²) in [6.07, 6.45) is 5.71. The van der Waals surface area contributed by atoms with Crippen molar-refractivity contribution in [2.45, 2.75) is 38.5 Å². The fourth-order valence-corrected chi connectivity index (χ4v) is 4.57. The highest BCUT2D eigenvalue weighted by atomic mass is 16.2. The van der Waals surface area contributed by atoms with Crippen LogP contribution in [0.25, 0.3) is 0 Å². The third kappa shape index (κ3) is 6.29. The number of nitrogens with one attached hydrogen (secondary N) is 2. The third-order valence-corrected chi connectivity index (χ3v) is 6.76. The second kappa shape index (κ2) is 10.3. The monoisotopic (exact) mass is 426 g/mol. The number of carbonyl (C=O) groups excluding carboxylic acids is 3. The fourth-order valence-electron chi connectivity index (χ4n) is 4.57. The first-order valence-electron chi connectivity index (χ1n) is 11.7. The molecule has 1 aromatic carbocycles. The van der Waals surface area contributed by atoms with Crippen LogP contribution in [0.2, 0.25) is 0 Å². The molecule has 1 unspecified atom stereocenters. The maximum atomic E-state index is 12.8. The Bertz CT molecular complexity index is 772. The summed E-state index contributed by atoms with van der Waals surface area (Å²) < 4.78 is 0. The van der Waals surface area contributed by atoms with E-state index in [0.717, 1.165) is 31.6 Å². The number of benzene rings is 1. The Morgan fingerprint density at radius 2 is 1.61 bits per heavy atom. The molecule has 31 heavy (non-hydrogen) atoms. The molecule has 0 radical (unpaired) electrons. The molecule has 0 bridgehead atoms. The van der Waals surface area contributed by atoms with Crippen LogP contribution in [0.1, 0.15) is 38.5 Å². The van der Waals surface area contributed by atoms with Gasteiger partial charge in [0.05, 0.1) is 12.5 Å². The van der Waals surface area contributed by atoms with Crippen molar-refractivity contribution in [1.29, 1.82) is 0 Å². The fraction of sp³-hybridized carbons (Fsp3) is 0.625. The van der Waals surface area contributed by atoms with Crippen LogP contribution in [0.3, 0.4) is 0 Å². The second-order valence-corrected chi connectivity index (χ2v) is 9.27. The number of amides is 3. The summed E-state index contributed by atoms with van der Waals surface area (Å²) in [4.78, 5) is 41.7. The Hall–Kier alpha value is -2.41. The molecule has 168 valence electrons. The van der Waals surface area contributed by atoms with E-state index in [1.807, 2.05) is 35.2 Å². The van der Waals surface area contributed by atoms with Crippen LogP contribution in [-0.4, -0.2) is 66.8 Å². The van der Waals surface area contributed by atoms with Gasteiger partial charge >= 0.3 is 0 Å². The lowest BCUT2D eigenvalue weighted by Crippen LogP contribution is -2.49. The molecule has 0 aromatic heterocycles. The molecule has 1 saturated carbocycles. The zero-order chi connectivity index (χ0) is 21.6. The molecule has 2 saturated heterocycles. The van der Waals surface area contributed by atoms with Gasteiger partial charge < -0.3 is 15.5 Å². The number of anilines is 1. The van der Waals surface area contributed by atoms with Gasteiger partial charge in [0.2, 0.25) is 17.7 Å². The number of hydrogen-bond donors (Lipinski definition) is 2.